The number of amides is 2. The van der Waals surface area contributed by atoms with E-state index < -0.39 is 11.8 Å². The van der Waals surface area contributed by atoms with Crippen LogP contribution in [-0.4, -0.2) is 23.0 Å². The largest absolute Gasteiger partial charge is 0.497 e. The number of rotatable bonds is 6. The summed E-state index contributed by atoms with van der Waals surface area (Å²) >= 11 is 0. The molecule has 0 unspecified atom stereocenters. The van der Waals surface area contributed by atoms with Crippen molar-refractivity contribution in [3.63, 3.8) is 0 Å². The molecule has 0 bridgehead atoms. The molecule has 2 N–H and O–H groups in total. The summed E-state index contributed by atoms with van der Waals surface area (Å²) in [4.78, 5) is 30.0. The van der Waals surface area contributed by atoms with Crippen molar-refractivity contribution in [1.29, 1.82) is 0 Å². The number of fused-ring (bicyclic) bond motifs is 1. The van der Waals surface area contributed by atoms with Crippen molar-refractivity contribution in [2.75, 3.05) is 12.4 Å². The fourth-order valence-electron chi connectivity index (χ4n) is 3.43. The third-order valence-corrected chi connectivity index (χ3v) is 5.16. The van der Waals surface area contributed by atoms with Crippen LogP contribution in [0, 0.1) is 11.6 Å². The zero-order valence-electron chi connectivity index (χ0n) is 17.8. The molecular formula is C25H21F2N3O3. The number of hydrogen-bond donors (Lipinski definition) is 2. The van der Waals surface area contributed by atoms with E-state index in [4.69, 9.17) is 4.74 Å². The van der Waals surface area contributed by atoms with E-state index in [1.807, 2.05) is 0 Å². The fraction of sp³-hybridized carbons (Fsp3) is 0.120. The van der Waals surface area contributed by atoms with Crippen molar-refractivity contribution in [3.8, 4) is 5.75 Å². The number of carbonyl (C=O) groups excluding carboxylic acids is 1. The van der Waals surface area contributed by atoms with Gasteiger partial charge in [-0.05, 0) is 66.2 Å². The molecule has 0 aliphatic heterocycles. The molecule has 3 aromatic carbocycles. The molecule has 4 aromatic rings. The number of anilines is 1. The van der Waals surface area contributed by atoms with Crippen LogP contribution >= 0.6 is 0 Å². The first kappa shape index (κ1) is 22.0. The van der Waals surface area contributed by atoms with Crippen molar-refractivity contribution >= 4 is 22.6 Å². The van der Waals surface area contributed by atoms with Gasteiger partial charge in [-0.25, -0.2) is 13.6 Å². The summed E-state index contributed by atoms with van der Waals surface area (Å²) in [6.45, 7) is 0.121. The quantitative estimate of drug-likeness (QED) is 0.433. The van der Waals surface area contributed by atoms with Crippen LogP contribution in [0.3, 0.4) is 0 Å². The lowest BCUT2D eigenvalue weighted by atomic mass is 10.1. The lowest BCUT2D eigenvalue weighted by Crippen LogP contribution is -2.35. The molecule has 0 saturated carbocycles. The Balaban J connectivity index is 1.65. The number of halogens is 2. The summed E-state index contributed by atoms with van der Waals surface area (Å²) < 4.78 is 31.8. The smallest absolute Gasteiger partial charge is 0.322 e. The van der Waals surface area contributed by atoms with Crippen molar-refractivity contribution in [1.82, 2.24) is 9.88 Å². The zero-order valence-corrected chi connectivity index (χ0v) is 17.8. The fourth-order valence-corrected chi connectivity index (χ4v) is 3.43. The van der Waals surface area contributed by atoms with E-state index in [9.17, 15) is 18.4 Å². The van der Waals surface area contributed by atoms with Crippen molar-refractivity contribution in [2.24, 2.45) is 0 Å². The summed E-state index contributed by atoms with van der Waals surface area (Å²) in [5, 5.41) is 3.46. The molecule has 0 saturated heterocycles. The summed E-state index contributed by atoms with van der Waals surface area (Å²) in [5.74, 6) is -0.173. The predicted molar refractivity (Wildman–Crippen MR) is 122 cm³/mol. The number of aromatic amines is 1. The van der Waals surface area contributed by atoms with Gasteiger partial charge >= 0.3 is 6.03 Å². The summed E-state index contributed by atoms with van der Waals surface area (Å²) in [6, 6.07) is 17.6. The van der Waals surface area contributed by atoms with Crippen molar-refractivity contribution < 1.29 is 18.3 Å². The molecular weight excluding hydrogens is 428 g/mol. The Hall–Kier alpha value is -4.20. The van der Waals surface area contributed by atoms with Gasteiger partial charge in [0, 0.05) is 28.7 Å². The van der Waals surface area contributed by atoms with Crippen LogP contribution in [0.15, 0.2) is 77.6 Å². The van der Waals surface area contributed by atoms with E-state index in [0.29, 0.717) is 28.1 Å². The molecule has 0 aliphatic rings. The Labute approximate surface area is 188 Å². The number of urea groups is 1. The molecule has 0 spiro atoms. The number of ether oxygens (including phenoxy) is 1. The van der Waals surface area contributed by atoms with Crippen LogP contribution in [0.2, 0.25) is 0 Å². The number of hydrogen-bond acceptors (Lipinski definition) is 3. The highest BCUT2D eigenvalue weighted by Crippen LogP contribution is 2.20. The molecule has 33 heavy (non-hydrogen) atoms. The second-order valence-electron chi connectivity index (χ2n) is 7.50. The van der Waals surface area contributed by atoms with Gasteiger partial charge in [0.15, 0.2) is 0 Å². The van der Waals surface area contributed by atoms with Gasteiger partial charge in [-0.1, -0.05) is 12.1 Å². The Kier molecular flexibility index (Phi) is 6.35. The highest BCUT2D eigenvalue weighted by Gasteiger charge is 2.17. The number of nitrogens with zero attached hydrogens (tertiary/aromatic N) is 1. The average molecular weight is 449 g/mol. The molecule has 0 radical (unpaired) electrons. The number of H-pyrrole nitrogens is 1. The monoisotopic (exact) mass is 449 g/mol. The van der Waals surface area contributed by atoms with Gasteiger partial charge < -0.3 is 19.9 Å². The number of nitrogens with one attached hydrogen (secondary N) is 2. The Morgan fingerprint density at radius 3 is 2.27 bits per heavy atom. The summed E-state index contributed by atoms with van der Waals surface area (Å²) in [5.41, 5.74) is 1.77. The van der Waals surface area contributed by atoms with Crippen LogP contribution < -0.4 is 15.6 Å². The van der Waals surface area contributed by atoms with Gasteiger partial charge in [-0.3, -0.25) is 4.79 Å². The first-order valence-corrected chi connectivity index (χ1v) is 10.2. The van der Waals surface area contributed by atoms with Crippen molar-refractivity contribution in [2.45, 2.75) is 13.1 Å². The average Bonchev–Trinajstić information content (AvgIpc) is 2.81. The lowest BCUT2D eigenvalue weighted by molar-refractivity contribution is 0.206. The van der Waals surface area contributed by atoms with E-state index in [2.05, 4.69) is 10.3 Å². The maximum atomic E-state index is 13.3. The Morgan fingerprint density at radius 2 is 1.61 bits per heavy atom. The standard InChI is InChI=1S/C25H21F2N3O3/c1-33-22-10-11-23-17(13-22)12-18(24(31)29-23)15-30(14-16-2-4-19(26)5-3-16)25(32)28-21-8-6-20(27)7-9-21/h2-13H,14-15H2,1H3,(H,28,32)(H,29,31). The SMILES string of the molecule is COc1ccc2[nH]c(=O)c(CN(Cc3ccc(F)cc3)C(=O)Nc3ccc(F)cc3)cc2c1. The van der Waals surface area contributed by atoms with Crippen LogP contribution in [0.5, 0.6) is 5.75 Å². The number of benzene rings is 3. The summed E-state index contributed by atoms with van der Waals surface area (Å²) in [6.07, 6.45) is 0. The van der Waals surface area contributed by atoms with Gasteiger partial charge in [-0.15, -0.1) is 0 Å². The second-order valence-corrected chi connectivity index (χ2v) is 7.50. The second kappa shape index (κ2) is 9.52. The van der Waals surface area contributed by atoms with E-state index in [1.54, 1.807) is 43.5 Å². The number of methoxy groups -OCH3 is 1. The number of pyridine rings is 1. The van der Waals surface area contributed by atoms with Crippen LogP contribution in [0.25, 0.3) is 10.9 Å². The Morgan fingerprint density at radius 1 is 0.939 bits per heavy atom. The van der Waals surface area contributed by atoms with Gasteiger partial charge in [-0.2, -0.15) is 0 Å². The minimum atomic E-state index is -0.490. The third kappa shape index (κ3) is 5.35. The van der Waals surface area contributed by atoms with E-state index in [1.165, 1.54) is 41.3 Å². The lowest BCUT2D eigenvalue weighted by Gasteiger charge is -2.23. The topological polar surface area (TPSA) is 74.4 Å². The molecule has 8 heteroatoms. The van der Waals surface area contributed by atoms with Gasteiger partial charge in [0.05, 0.1) is 13.7 Å². The highest BCUT2D eigenvalue weighted by atomic mass is 19.1. The zero-order chi connectivity index (χ0) is 23.4. The first-order chi connectivity index (χ1) is 15.9. The molecule has 168 valence electrons. The van der Waals surface area contributed by atoms with Gasteiger partial charge in [0.1, 0.15) is 17.4 Å². The van der Waals surface area contributed by atoms with Crippen LogP contribution in [0.4, 0.5) is 19.3 Å². The predicted octanol–water partition coefficient (Wildman–Crippen LogP) is 5.05. The maximum Gasteiger partial charge on any atom is 0.322 e. The molecule has 4 rings (SSSR count). The maximum absolute atomic E-state index is 13.3. The van der Waals surface area contributed by atoms with Gasteiger partial charge in [0.25, 0.3) is 5.56 Å². The molecule has 2 amide bonds. The van der Waals surface area contributed by atoms with Crippen molar-refractivity contribution in [3.05, 3.63) is 106 Å². The highest BCUT2D eigenvalue weighted by molar-refractivity contribution is 5.89. The number of aromatic nitrogens is 1. The minimum absolute atomic E-state index is 0.00706. The first-order valence-electron chi connectivity index (χ1n) is 10.2. The molecule has 0 fully saturated rings. The van der Waals surface area contributed by atoms with Crippen LogP contribution in [-0.2, 0) is 13.1 Å². The normalized spacial score (nSPS) is 10.8. The summed E-state index contributed by atoms with van der Waals surface area (Å²) in [7, 11) is 1.55. The number of carbonyl (C=O) groups is 1. The minimum Gasteiger partial charge on any atom is -0.497 e. The molecule has 1 heterocycles. The molecule has 0 aliphatic carbocycles. The third-order valence-electron chi connectivity index (χ3n) is 5.16. The Bertz CT molecular complexity index is 1340. The molecule has 6 nitrogen and oxygen atoms in total. The van der Waals surface area contributed by atoms with E-state index in [-0.39, 0.29) is 24.5 Å². The van der Waals surface area contributed by atoms with E-state index >= 15 is 0 Å². The van der Waals surface area contributed by atoms with Crippen LogP contribution in [0.1, 0.15) is 11.1 Å². The molecule has 0 atom stereocenters. The molecule has 1 aromatic heterocycles. The van der Waals surface area contributed by atoms with Gasteiger partial charge in [0.2, 0.25) is 0 Å². The van der Waals surface area contributed by atoms with E-state index in [0.717, 1.165) is 5.39 Å².